The lowest BCUT2D eigenvalue weighted by molar-refractivity contribution is -0.158. The predicted molar refractivity (Wildman–Crippen MR) is 109 cm³/mol. The number of amides is 1. The first kappa shape index (κ1) is 20.0. The summed E-state index contributed by atoms with van der Waals surface area (Å²) < 4.78 is 5.12. The second-order valence-corrected chi connectivity index (χ2v) is 10.2. The third kappa shape index (κ3) is 3.00. The predicted octanol–water partition coefficient (Wildman–Crippen LogP) is 2.89. The molecule has 7 nitrogen and oxygen atoms in total. The Kier molecular flexibility index (Phi) is 4.92. The summed E-state index contributed by atoms with van der Waals surface area (Å²) >= 11 is 0. The molecular weight excluding hydrogens is 382 g/mol. The first-order valence-electron chi connectivity index (χ1n) is 11.6. The van der Waals surface area contributed by atoms with Gasteiger partial charge >= 0.3 is 5.97 Å². The minimum atomic E-state index is -0.783. The number of aromatic nitrogens is 1. The van der Waals surface area contributed by atoms with Gasteiger partial charge in [0, 0.05) is 6.07 Å². The van der Waals surface area contributed by atoms with E-state index >= 15 is 0 Å². The summed E-state index contributed by atoms with van der Waals surface area (Å²) in [5, 5.41) is 20.8. The molecular formula is C23H33N3O4. The number of hydrogen-bond donors (Lipinski definition) is 3. The monoisotopic (exact) mass is 415 g/mol. The topological polar surface area (TPSA) is 104 Å². The third-order valence-corrected chi connectivity index (χ3v) is 8.83. The van der Waals surface area contributed by atoms with Crippen LogP contribution in [0.3, 0.4) is 0 Å². The van der Waals surface area contributed by atoms with Crippen molar-refractivity contribution in [3.63, 3.8) is 0 Å². The number of carboxylic acid groups (broad SMARTS) is 1. The summed E-state index contributed by atoms with van der Waals surface area (Å²) in [4.78, 5) is 26.3. The van der Waals surface area contributed by atoms with E-state index in [0.29, 0.717) is 30.3 Å². The molecule has 4 atom stereocenters. The number of aryl methyl sites for hydroxylation is 1. The lowest BCUT2D eigenvalue weighted by Gasteiger charge is -2.42. The van der Waals surface area contributed by atoms with Gasteiger partial charge in [-0.05, 0) is 94.5 Å². The molecule has 4 aliphatic rings. The van der Waals surface area contributed by atoms with Crippen molar-refractivity contribution in [3.05, 3.63) is 17.5 Å². The quantitative estimate of drug-likeness (QED) is 0.633. The van der Waals surface area contributed by atoms with Crippen molar-refractivity contribution in [2.75, 3.05) is 13.1 Å². The van der Waals surface area contributed by atoms with Crippen LogP contribution in [0.25, 0.3) is 0 Å². The molecule has 164 valence electrons. The number of carbonyl (C=O) groups is 2. The number of hydrogen-bond acceptors (Lipinski definition) is 5. The highest BCUT2D eigenvalue weighted by molar-refractivity contribution is 5.90. The van der Waals surface area contributed by atoms with Gasteiger partial charge in [-0.3, -0.25) is 9.59 Å². The van der Waals surface area contributed by atoms with E-state index in [1.807, 2.05) is 13.0 Å². The van der Waals surface area contributed by atoms with Crippen molar-refractivity contribution < 1.29 is 19.2 Å². The molecule has 0 unspecified atom stereocenters. The fourth-order valence-corrected chi connectivity index (χ4v) is 7.47. The molecule has 1 amide bonds. The Morgan fingerprint density at radius 1 is 1.27 bits per heavy atom. The van der Waals surface area contributed by atoms with Crippen molar-refractivity contribution in [3.8, 4) is 0 Å². The second kappa shape index (κ2) is 7.36. The van der Waals surface area contributed by atoms with E-state index in [1.165, 1.54) is 0 Å². The van der Waals surface area contributed by atoms with E-state index in [1.54, 1.807) is 0 Å². The maximum Gasteiger partial charge on any atom is 0.307 e. The Morgan fingerprint density at radius 3 is 2.67 bits per heavy atom. The van der Waals surface area contributed by atoms with Crippen LogP contribution in [0.4, 0.5) is 0 Å². The van der Waals surface area contributed by atoms with E-state index in [0.717, 1.165) is 58.0 Å². The third-order valence-electron chi connectivity index (χ3n) is 8.83. The normalized spacial score (nSPS) is 34.4. The van der Waals surface area contributed by atoms with Crippen LogP contribution < -0.4 is 10.6 Å². The first-order valence-corrected chi connectivity index (χ1v) is 11.6. The highest BCUT2D eigenvalue weighted by Crippen LogP contribution is 2.79. The number of carbonyl (C=O) groups excluding carboxylic acids is 1. The molecule has 5 rings (SSSR count). The SMILES string of the molecule is Cc1cc(CNC(=O)[C@@]2(CCC3CCNCC3)[C@H](C(=O)O)[C@H]3CC[C@H]2C32CC2)no1. The fraction of sp³-hybridized carbons (Fsp3) is 0.783. The first-order chi connectivity index (χ1) is 14.5. The highest BCUT2D eigenvalue weighted by atomic mass is 16.5. The Bertz CT molecular complexity index is 826. The van der Waals surface area contributed by atoms with E-state index in [2.05, 4.69) is 15.8 Å². The number of piperidine rings is 1. The highest BCUT2D eigenvalue weighted by Gasteiger charge is 2.77. The van der Waals surface area contributed by atoms with E-state index in [9.17, 15) is 14.7 Å². The van der Waals surface area contributed by atoms with Gasteiger partial charge in [-0.2, -0.15) is 0 Å². The summed E-state index contributed by atoms with van der Waals surface area (Å²) in [7, 11) is 0. The van der Waals surface area contributed by atoms with Crippen LogP contribution >= 0.6 is 0 Å². The van der Waals surface area contributed by atoms with Gasteiger partial charge in [-0.15, -0.1) is 0 Å². The minimum Gasteiger partial charge on any atom is -0.481 e. The Labute approximate surface area is 177 Å². The summed E-state index contributed by atoms with van der Waals surface area (Å²) in [6.45, 7) is 4.16. The molecule has 1 saturated heterocycles. The van der Waals surface area contributed by atoms with Crippen LogP contribution in [0.5, 0.6) is 0 Å². The van der Waals surface area contributed by atoms with E-state index < -0.39 is 17.3 Å². The summed E-state index contributed by atoms with van der Waals surface area (Å²) in [5.74, 6) is 0.261. The molecule has 30 heavy (non-hydrogen) atoms. The molecule has 3 aliphatic carbocycles. The Hall–Kier alpha value is -1.89. The Balaban J connectivity index is 1.42. The molecule has 4 fully saturated rings. The minimum absolute atomic E-state index is 0.0667. The van der Waals surface area contributed by atoms with Crippen molar-refractivity contribution in [2.45, 2.75) is 64.8 Å². The summed E-state index contributed by atoms with van der Waals surface area (Å²) in [5.41, 5.74) is 0.0130. The van der Waals surface area contributed by atoms with Gasteiger partial charge in [0.1, 0.15) is 11.5 Å². The molecule has 0 radical (unpaired) electrons. The van der Waals surface area contributed by atoms with Crippen LogP contribution in [-0.2, 0) is 16.1 Å². The number of carboxylic acids is 1. The average Bonchev–Trinajstić information content (AvgIpc) is 3.23. The summed E-state index contributed by atoms with van der Waals surface area (Å²) in [6, 6.07) is 1.82. The molecule has 3 N–H and O–H groups in total. The fourth-order valence-electron chi connectivity index (χ4n) is 7.47. The molecule has 1 aromatic rings. The van der Waals surface area contributed by atoms with Gasteiger partial charge in [-0.25, -0.2) is 0 Å². The maximum absolute atomic E-state index is 13.8. The molecule has 2 heterocycles. The molecule has 0 aromatic carbocycles. The Morgan fingerprint density at radius 2 is 2.03 bits per heavy atom. The molecule has 1 spiro atoms. The lowest BCUT2D eigenvalue weighted by atomic mass is 9.61. The zero-order valence-corrected chi connectivity index (χ0v) is 17.8. The van der Waals surface area contributed by atoms with Crippen molar-refractivity contribution in [2.24, 2.45) is 34.5 Å². The van der Waals surface area contributed by atoms with Gasteiger partial charge in [-0.1, -0.05) is 5.16 Å². The van der Waals surface area contributed by atoms with Crippen molar-refractivity contribution in [1.29, 1.82) is 0 Å². The number of nitrogens with one attached hydrogen (secondary N) is 2. The summed E-state index contributed by atoms with van der Waals surface area (Å²) in [6.07, 6.45) is 8.03. The van der Waals surface area contributed by atoms with Gasteiger partial charge < -0.3 is 20.3 Å². The van der Waals surface area contributed by atoms with Gasteiger partial charge in [0.05, 0.1) is 17.9 Å². The number of aliphatic carboxylic acids is 1. The standard InChI is InChI=1S/C23H33N3O4/c1-14-12-16(26-30-14)13-25-21(29)23(7-4-15-5-10-24-11-6-15)18-3-2-17(19(23)20(27)28)22(18)8-9-22/h12,15,17-19,24H,2-11,13H2,1H3,(H,25,29)(H,27,28)/t17-,18+,19+,23-/m1/s1. The van der Waals surface area contributed by atoms with Crippen molar-refractivity contribution >= 4 is 11.9 Å². The van der Waals surface area contributed by atoms with Crippen molar-refractivity contribution in [1.82, 2.24) is 15.8 Å². The van der Waals surface area contributed by atoms with E-state index in [4.69, 9.17) is 4.52 Å². The number of rotatable bonds is 7. The van der Waals surface area contributed by atoms with Crippen LogP contribution in [0, 0.1) is 41.4 Å². The maximum atomic E-state index is 13.8. The molecule has 7 heteroatoms. The van der Waals surface area contributed by atoms with Crippen LogP contribution in [0.15, 0.2) is 10.6 Å². The van der Waals surface area contributed by atoms with Gasteiger partial charge in [0.25, 0.3) is 0 Å². The van der Waals surface area contributed by atoms with Crippen LogP contribution in [0.2, 0.25) is 0 Å². The average molecular weight is 416 g/mol. The zero-order chi connectivity index (χ0) is 20.9. The van der Waals surface area contributed by atoms with Gasteiger partial charge in [0.15, 0.2) is 0 Å². The van der Waals surface area contributed by atoms with Gasteiger partial charge in [0.2, 0.25) is 5.91 Å². The number of nitrogens with zero attached hydrogens (tertiary/aromatic N) is 1. The largest absolute Gasteiger partial charge is 0.481 e. The zero-order valence-electron chi connectivity index (χ0n) is 17.8. The second-order valence-electron chi connectivity index (χ2n) is 10.2. The van der Waals surface area contributed by atoms with Crippen LogP contribution in [-0.4, -0.2) is 35.2 Å². The molecule has 2 bridgehead atoms. The van der Waals surface area contributed by atoms with E-state index in [-0.39, 0.29) is 23.2 Å². The molecule has 1 aliphatic heterocycles. The van der Waals surface area contributed by atoms with Crippen LogP contribution in [0.1, 0.15) is 62.8 Å². The molecule has 1 aromatic heterocycles. The molecule has 3 saturated carbocycles. The lowest BCUT2D eigenvalue weighted by Crippen LogP contribution is -2.52. The smallest absolute Gasteiger partial charge is 0.307 e.